The van der Waals surface area contributed by atoms with E-state index in [4.69, 9.17) is 5.26 Å². The topological polar surface area (TPSA) is 36.7 Å². The van der Waals surface area contributed by atoms with Crippen LogP contribution < -0.4 is 0 Å². The van der Waals surface area contributed by atoms with Crippen molar-refractivity contribution >= 4 is 11.8 Å². The van der Waals surface area contributed by atoms with E-state index < -0.39 is 0 Å². The first-order valence-electron chi connectivity index (χ1n) is 4.88. The largest absolute Gasteiger partial charge is 0.265 e. The molecule has 0 fully saturated rings. The SMILES string of the molecule is Cc1ccc(Sc2ccncc2)c(C#N)c1. The van der Waals surface area contributed by atoms with Gasteiger partial charge in [0, 0.05) is 22.2 Å². The van der Waals surface area contributed by atoms with E-state index in [9.17, 15) is 0 Å². The van der Waals surface area contributed by atoms with Gasteiger partial charge in [0.05, 0.1) is 5.56 Å². The number of hydrogen-bond donors (Lipinski definition) is 0. The van der Waals surface area contributed by atoms with E-state index in [0.29, 0.717) is 0 Å². The van der Waals surface area contributed by atoms with E-state index in [1.54, 1.807) is 24.2 Å². The monoisotopic (exact) mass is 226 g/mol. The number of rotatable bonds is 2. The first-order chi connectivity index (χ1) is 7.79. The van der Waals surface area contributed by atoms with Crippen LogP contribution in [-0.2, 0) is 0 Å². The van der Waals surface area contributed by atoms with E-state index in [-0.39, 0.29) is 0 Å². The molecule has 1 heterocycles. The van der Waals surface area contributed by atoms with Gasteiger partial charge in [-0.3, -0.25) is 4.98 Å². The van der Waals surface area contributed by atoms with Gasteiger partial charge >= 0.3 is 0 Å². The number of nitrogens with zero attached hydrogens (tertiary/aromatic N) is 2. The molecule has 0 radical (unpaired) electrons. The Labute approximate surface area is 99.0 Å². The predicted octanol–water partition coefficient (Wildman–Crippen LogP) is 3.41. The lowest BCUT2D eigenvalue weighted by atomic mass is 10.2. The van der Waals surface area contributed by atoms with Gasteiger partial charge in [-0.15, -0.1) is 0 Å². The zero-order valence-corrected chi connectivity index (χ0v) is 9.66. The number of nitriles is 1. The fourth-order valence-electron chi connectivity index (χ4n) is 1.35. The minimum absolute atomic E-state index is 0.724. The van der Waals surface area contributed by atoms with Crippen LogP contribution in [0.1, 0.15) is 11.1 Å². The molecule has 0 saturated carbocycles. The van der Waals surface area contributed by atoms with Crippen LogP contribution in [0.2, 0.25) is 0 Å². The summed E-state index contributed by atoms with van der Waals surface area (Å²) in [5.41, 5.74) is 1.83. The molecule has 16 heavy (non-hydrogen) atoms. The molecule has 1 aromatic carbocycles. The summed E-state index contributed by atoms with van der Waals surface area (Å²) in [6.07, 6.45) is 3.51. The van der Waals surface area contributed by atoms with Crippen molar-refractivity contribution in [1.29, 1.82) is 5.26 Å². The maximum absolute atomic E-state index is 9.05. The van der Waals surface area contributed by atoms with Gasteiger partial charge in [0.25, 0.3) is 0 Å². The molecule has 0 bridgehead atoms. The molecule has 2 aromatic rings. The molecule has 0 saturated heterocycles. The molecule has 0 aliphatic carbocycles. The molecule has 0 aliphatic heterocycles. The highest BCUT2D eigenvalue weighted by Gasteiger charge is 2.03. The summed E-state index contributed by atoms with van der Waals surface area (Å²) in [4.78, 5) is 6.04. The molecular weight excluding hydrogens is 216 g/mol. The fourth-order valence-corrected chi connectivity index (χ4v) is 2.22. The average Bonchev–Trinajstić information content (AvgIpc) is 2.33. The van der Waals surface area contributed by atoms with Crippen molar-refractivity contribution in [3.05, 3.63) is 53.9 Å². The van der Waals surface area contributed by atoms with Gasteiger partial charge in [0.2, 0.25) is 0 Å². The van der Waals surface area contributed by atoms with Crippen LogP contribution in [0.3, 0.4) is 0 Å². The van der Waals surface area contributed by atoms with Crippen LogP contribution in [0, 0.1) is 18.3 Å². The van der Waals surface area contributed by atoms with Crippen LogP contribution in [0.5, 0.6) is 0 Å². The molecule has 0 spiro atoms. The lowest BCUT2D eigenvalue weighted by Crippen LogP contribution is -1.83. The molecule has 0 N–H and O–H groups in total. The van der Waals surface area contributed by atoms with Gasteiger partial charge < -0.3 is 0 Å². The first-order valence-corrected chi connectivity index (χ1v) is 5.70. The first kappa shape index (κ1) is 10.7. The summed E-state index contributed by atoms with van der Waals surface area (Å²) in [5, 5.41) is 9.05. The Hall–Kier alpha value is -1.79. The quantitative estimate of drug-likeness (QED) is 0.787. The van der Waals surface area contributed by atoms with Crippen LogP contribution in [0.15, 0.2) is 52.5 Å². The predicted molar refractivity (Wildman–Crippen MR) is 64.3 cm³/mol. The second kappa shape index (κ2) is 4.82. The van der Waals surface area contributed by atoms with Crippen LogP contribution in [0.4, 0.5) is 0 Å². The van der Waals surface area contributed by atoms with Crippen LogP contribution in [-0.4, -0.2) is 4.98 Å². The third kappa shape index (κ3) is 2.41. The Bertz CT molecular complexity index is 529. The second-order valence-corrected chi connectivity index (χ2v) is 4.51. The highest BCUT2D eigenvalue weighted by Crippen LogP contribution is 2.30. The average molecular weight is 226 g/mol. The van der Waals surface area contributed by atoms with E-state index >= 15 is 0 Å². The third-order valence-electron chi connectivity index (χ3n) is 2.13. The standard InChI is InChI=1S/C13H10N2S/c1-10-2-3-13(11(8-10)9-14)16-12-4-6-15-7-5-12/h2-8H,1H3. The molecule has 0 unspecified atom stereocenters. The van der Waals surface area contributed by atoms with Crippen molar-refractivity contribution in [3.8, 4) is 6.07 Å². The number of aromatic nitrogens is 1. The number of hydrogen-bond acceptors (Lipinski definition) is 3. The Morgan fingerprint density at radius 3 is 2.62 bits per heavy atom. The number of pyridine rings is 1. The summed E-state index contributed by atoms with van der Waals surface area (Å²) in [6.45, 7) is 1.99. The molecule has 0 aliphatic rings. The fraction of sp³-hybridized carbons (Fsp3) is 0.0769. The molecule has 0 atom stereocenters. The van der Waals surface area contributed by atoms with Gasteiger partial charge in [-0.25, -0.2) is 0 Å². The van der Waals surface area contributed by atoms with E-state index in [0.717, 1.165) is 20.9 Å². The zero-order chi connectivity index (χ0) is 11.4. The van der Waals surface area contributed by atoms with Gasteiger partial charge in [-0.1, -0.05) is 17.8 Å². The smallest absolute Gasteiger partial charge is 0.100 e. The zero-order valence-electron chi connectivity index (χ0n) is 8.84. The van der Waals surface area contributed by atoms with E-state index in [1.807, 2.05) is 37.3 Å². The van der Waals surface area contributed by atoms with Crippen molar-refractivity contribution in [3.63, 3.8) is 0 Å². The normalized spacial score (nSPS) is 9.75. The van der Waals surface area contributed by atoms with E-state index in [2.05, 4.69) is 11.1 Å². The van der Waals surface area contributed by atoms with E-state index in [1.165, 1.54) is 0 Å². The molecule has 0 amide bonds. The summed E-state index contributed by atoms with van der Waals surface area (Å²) in [5.74, 6) is 0. The Balaban J connectivity index is 2.32. The lowest BCUT2D eigenvalue weighted by molar-refractivity contribution is 1.25. The van der Waals surface area contributed by atoms with Crippen molar-refractivity contribution < 1.29 is 0 Å². The number of benzene rings is 1. The van der Waals surface area contributed by atoms with Crippen LogP contribution in [0.25, 0.3) is 0 Å². The Morgan fingerprint density at radius 2 is 1.94 bits per heavy atom. The summed E-state index contributed by atoms with van der Waals surface area (Å²) in [7, 11) is 0. The molecule has 2 nitrogen and oxygen atoms in total. The molecular formula is C13H10N2S. The van der Waals surface area contributed by atoms with Crippen LogP contribution >= 0.6 is 11.8 Å². The van der Waals surface area contributed by atoms with Crippen molar-refractivity contribution in [1.82, 2.24) is 4.98 Å². The van der Waals surface area contributed by atoms with Gasteiger partial charge in [-0.2, -0.15) is 5.26 Å². The second-order valence-electron chi connectivity index (χ2n) is 3.40. The summed E-state index contributed by atoms with van der Waals surface area (Å²) >= 11 is 1.58. The maximum atomic E-state index is 9.05. The Kier molecular flexibility index (Phi) is 3.23. The highest BCUT2D eigenvalue weighted by atomic mass is 32.2. The Morgan fingerprint density at radius 1 is 1.19 bits per heavy atom. The van der Waals surface area contributed by atoms with Gasteiger partial charge in [0.15, 0.2) is 0 Å². The lowest BCUT2D eigenvalue weighted by Gasteiger charge is -2.04. The van der Waals surface area contributed by atoms with Crippen molar-refractivity contribution in [2.24, 2.45) is 0 Å². The van der Waals surface area contributed by atoms with Crippen molar-refractivity contribution in [2.75, 3.05) is 0 Å². The summed E-state index contributed by atoms with van der Waals surface area (Å²) in [6, 6.07) is 12.0. The molecule has 78 valence electrons. The van der Waals surface area contributed by atoms with Gasteiger partial charge in [-0.05, 0) is 36.8 Å². The maximum Gasteiger partial charge on any atom is 0.100 e. The molecule has 3 heteroatoms. The van der Waals surface area contributed by atoms with Gasteiger partial charge in [0.1, 0.15) is 6.07 Å². The van der Waals surface area contributed by atoms with Crippen molar-refractivity contribution in [2.45, 2.75) is 16.7 Å². The third-order valence-corrected chi connectivity index (χ3v) is 3.22. The summed E-state index contributed by atoms with van der Waals surface area (Å²) < 4.78 is 0. The minimum atomic E-state index is 0.724. The number of aryl methyl sites for hydroxylation is 1. The highest BCUT2D eigenvalue weighted by molar-refractivity contribution is 7.99. The molecule has 1 aromatic heterocycles. The molecule has 2 rings (SSSR count). The minimum Gasteiger partial charge on any atom is -0.265 e.